The van der Waals surface area contributed by atoms with Gasteiger partial charge in [0, 0.05) is 17.1 Å². The number of carbonyl (C=O) groups is 1. The number of nitrogens with one attached hydrogen (secondary N) is 1. The van der Waals surface area contributed by atoms with Crippen LogP contribution in [0.3, 0.4) is 0 Å². The number of hydrogen-bond donors (Lipinski definition) is 2. The predicted octanol–water partition coefficient (Wildman–Crippen LogP) is 3.09. The fourth-order valence-corrected chi connectivity index (χ4v) is 2.06. The largest absolute Gasteiger partial charge is 0.489 e. The number of rotatable bonds is 7. The van der Waals surface area contributed by atoms with E-state index in [1.165, 1.54) is 0 Å². The molecule has 2 aromatic carbocycles. The Labute approximate surface area is 128 Å². The molecule has 0 aliphatic heterocycles. The molecule has 5 heteroatoms. The summed E-state index contributed by atoms with van der Waals surface area (Å²) in [6, 6.07) is 15.2. The first-order valence-electron chi connectivity index (χ1n) is 6.53. The van der Waals surface area contributed by atoms with Crippen molar-refractivity contribution in [1.29, 1.82) is 0 Å². The standard InChI is InChI=1S/C16H16ClNO3/c17-14-6-7-15(13(8-14)9-18-10-16(19)20)21-11-12-4-2-1-3-5-12/h1-8,18H,9-11H2,(H,19,20). The number of carboxylic acids is 1. The van der Waals surface area contributed by atoms with E-state index in [4.69, 9.17) is 21.4 Å². The van der Waals surface area contributed by atoms with Gasteiger partial charge in [-0.1, -0.05) is 41.9 Å². The van der Waals surface area contributed by atoms with Gasteiger partial charge in [-0.3, -0.25) is 4.79 Å². The van der Waals surface area contributed by atoms with Crippen LogP contribution in [0.1, 0.15) is 11.1 Å². The average Bonchev–Trinajstić information content (AvgIpc) is 2.47. The Bertz CT molecular complexity index is 602. The van der Waals surface area contributed by atoms with E-state index in [-0.39, 0.29) is 6.54 Å². The Morgan fingerprint density at radius 3 is 2.67 bits per heavy atom. The number of benzene rings is 2. The fraction of sp³-hybridized carbons (Fsp3) is 0.188. The predicted molar refractivity (Wildman–Crippen MR) is 81.6 cm³/mol. The molecular weight excluding hydrogens is 290 g/mol. The van der Waals surface area contributed by atoms with E-state index < -0.39 is 5.97 Å². The fourth-order valence-electron chi connectivity index (χ4n) is 1.87. The van der Waals surface area contributed by atoms with Crippen molar-refractivity contribution in [2.24, 2.45) is 0 Å². The van der Waals surface area contributed by atoms with Crippen LogP contribution in [-0.2, 0) is 17.9 Å². The van der Waals surface area contributed by atoms with Gasteiger partial charge in [0.1, 0.15) is 12.4 Å². The third-order valence-corrected chi connectivity index (χ3v) is 3.09. The maximum absolute atomic E-state index is 10.5. The van der Waals surface area contributed by atoms with Crippen molar-refractivity contribution >= 4 is 17.6 Å². The van der Waals surface area contributed by atoms with E-state index in [1.54, 1.807) is 18.2 Å². The van der Waals surface area contributed by atoms with Gasteiger partial charge in [0.15, 0.2) is 0 Å². The summed E-state index contributed by atoms with van der Waals surface area (Å²) in [5, 5.41) is 12.1. The van der Waals surface area contributed by atoms with Gasteiger partial charge >= 0.3 is 5.97 Å². The molecule has 0 radical (unpaired) electrons. The van der Waals surface area contributed by atoms with Crippen LogP contribution in [0.5, 0.6) is 5.75 Å². The zero-order valence-electron chi connectivity index (χ0n) is 11.4. The third-order valence-electron chi connectivity index (χ3n) is 2.85. The van der Waals surface area contributed by atoms with Crippen molar-refractivity contribution in [2.45, 2.75) is 13.2 Å². The Morgan fingerprint density at radius 1 is 1.19 bits per heavy atom. The first kappa shape index (κ1) is 15.4. The van der Waals surface area contributed by atoms with E-state index in [1.807, 2.05) is 30.3 Å². The molecule has 0 unspecified atom stereocenters. The van der Waals surface area contributed by atoms with Crippen molar-refractivity contribution in [1.82, 2.24) is 5.32 Å². The van der Waals surface area contributed by atoms with Gasteiger partial charge in [-0.15, -0.1) is 0 Å². The number of carboxylic acid groups (broad SMARTS) is 1. The lowest BCUT2D eigenvalue weighted by atomic mass is 10.2. The van der Waals surface area contributed by atoms with Crippen molar-refractivity contribution in [3.8, 4) is 5.75 Å². The summed E-state index contributed by atoms with van der Waals surface area (Å²) >= 11 is 5.98. The van der Waals surface area contributed by atoms with Gasteiger partial charge in [0.2, 0.25) is 0 Å². The summed E-state index contributed by atoms with van der Waals surface area (Å²) in [6.07, 6.45) is 0. The Hall–Kier alpha value is -2.04. The van der Waals surface area contributed by atoms with Crippen molar-refractivity contribution in [3.05, 3.63) is 64.7 Å². The number of aliphatic carboxylic acids is 1. The molecule has 0 spiro atoms. The van der Waals surface area contributed by atoms with Gasteiger partial charge in [0.05, 0.1) is 6.54 Å². The van der Waals surface area contributed by atoms with Gasteiger partial charge in [0.25, 0.3) is 0 Å². The second-order valence-electron chi connectivity index (χ2n) is 4.52. The van der Waals surface area contributed by atoms with E-state index >= 15 is 0 Å². The molecule has 0 saturated carbocycles. The molecule has 0 fully saturated rings. The van der Waals surface area contributed by atoms with Crippen LogP contribution in [0.15, 0.2) is 48.5 Å². The van der Waals surface area contributed by atoms with Gasteiger partial charge in [-0.2, -0.15) is 0 Å². The Morgan fingerprint density at radius 2 is 1.95 bits per heavy atom. The lowest BCUT2D eigenvalue weighted by Crippen LogP contribution is -2.22. The van der Waals surface area contributed by atoms with Gasteiger partial charge in [-0.05, 0) is 23.8 Å². The summed E-state index contributed by atoms with van der Waals surface area (Å²) in [5.41, 5.74) is 1.90. The maximum Gasteiger partial charge on any atom is 0.317 e. The van der Waals surface area contributed by atoms with E-state index in [0.29, 0.717) is 23.9 Å². The van der Waals surface area contributed by atoms with Crippen LogP contribution in [-0.4, -0.2) is 17.6 Å². The Balaban J connectivity index is 2.02. The highest BCUT2D eigenvalue weighted by Gasteiger charge is 2.06. The highest BCUT2D eigenvalue weighted by Crippen LogP contribution is 2.23. The molecule has 0 atom stereocenters. The lowest BCUT2D eigenvalue weighted by molar-refractivity contribution is -0.136. The number of ether oxygens (including phenoxy) is 1. The molecule has 0 aliphatic rings. The first-order valence-corrected chi connectivity index (χ1v) is 6.90. The molecule has 0 saturated heterocycles. The highest BCUT2D eigenvalue weighted by atomic mass is 35.5. The maximum atomic E-state index is 10.5. The van der Waals surface area contributed by atoms with Crippen LogP contribution in [0.4, 0.5) is 0 Å². The Kier molecular flexibility index (Phi) is 5.60. The third kappa shape index (κ3) is 5.10. The second-order valence-corrected chi connectivity index (χ2v) is 4.96. The van der Waals surface area contributed by atoms with E-state index in [9.17, 15) is 4.79 Å². The topological polar surface area (TPSA) is 58.6 Å². The van der Waals surface area contributed by atoms with E-state index in [0.717, 1.165) is 11.1 Å². The summed E-state index contributed by atoms with van der Waals surface area (Å²) in [4.78, 5) is 10.5. The molecular formula is C16H16ClNO3. The molecule has 0 heterocycles. The quantitative estimate of drug-likeness (QED) is 0.825. The van der Waals surface area contributed by atoms with E-state index in [2.05, 4.69) is 5.32 Å². The number of halogens is 1. The highest BCUT2D eigenvalue weighted by molar-refractivity contribution is 6.30. The monoisotopic (exact) mass is 305 g/mol. The second kappa shape index (κ2) is 7.67. The lowest BCUT2D eigenvalue weighted by Gasteiger charge is -2.12. The molecule has 0 aromatic heterocycles. The summed E-state index contributed by atoms with van der Waals surface area (Å²) in [7, 11) is 0. The zero-order valence-corrected chi connectivity index (χ0v) is 12.1. The van der Waals surface area contributed by atoms with Crippen molar-refractivity contribution < 1.29 is 14.6 Å². The normalized spacial score (nSPS) is 10.3. The minimum atomic E-state index is -0.899. The molecule has 2 aromatic rings. The number of hydrogen-bond acceptors (Lipinski definition) is 3. The van der Waals surface area contributed by atoms with Crippen molar-refractivity contribution in [3.63, 3.8) is 0 Å². The van der Waals surface area contributed by atoms with Crippen LogP contribution in [0.25, 0.3) is 0 Å². The molecule has 2 N–H and O–H groups in total. The SMILES string of the molecule is O=C(O)CNCc1cc(Cl)ccc1OCc1ccccc1. The summed E-state index contributed by atoms with van der Waals surface area (Å²) < 4.78 is 5.79. The molecule has 0 amide bonds. The molecule has 0 aliphatic carbocycles. The van der Waals surface area contributed by atoms with Gasteiger partial charge < -0.3 is 15.2 Å². The van der Waals surface area contributed by atoms with Crippen LogP contribution < -0.4 is 10.1 Å². The smallest absolute Gasteiger partial charge is 0.317 e. The van der Waals surface area contributed by atoms with Crippen LogP contribution in [0, 0.1) is 0 Å². The van der Waals surface area contributed by atoms with Crippen LogP contribution >= 0.6 is 11.6 Å². The minimum Gasteiger partial charge on any atom is -0.489 e. The molecule has 2 rings (SSSR count). The molecule has 0 bridgehead atoms. The average molecular weight is 306 g/mol. The summed E-state index contributed by atoms with van der Waals surface area (Å²) in [5.74, 6) is -0.204. The van der Waals surface area contributed by atoms with Crippen molar-refractivity contribution in [2.75, 3.05) is 6.54 Å². The molecule has 21 heavy (non-hydrogen) atoms. The molecule has 110 valence electrons. The molecule has 4 nitrogen and oxygen atoms in total. The van der Waals surface area contributed by atoms with Gasteiger partial charge in [-0.25, -0.2) is 0 Å². The summed E-state index contributed by atoms with van der Waals surface area (Å²) in [6.45, 7) is 0.732. The minimum absolute atomic E-state index is 0.107. The van der Waals surface area contributed by atoms with Crippen LogP contribution in [0.2, 0.25) is 5.02 Å². The first-order chi connectivity index (χ1) is 10.1. The zero-order chi connectivity index (χ0) is 15.1.